The van der Waals surface area contributed by atoms with Gasteiger partial charge in [-0.3, -0.25) is 9.69 Å². The zero-order chi connectivity index (χ0) is 21.8. The first-order chi connectivity index (χ1) is 15.0. The van der Waals surface area contributed by atoms with Gasteiger partial charge in [0.15, 0.2) is 5.82 Å². The first kappa shape index (κ1) is 21.4. The molecule has 4 rings (SSSR count). The molecule has 166 valence electrons. The predicted molar refractivity (Wildman–Crippen MR) is 121 cm³/mol. The maximum Gasteiger partial charge on any atom is 0.344 e. The van der Waals surface area contributed by atoms with Crippen molar-refractivity contribution in [2.75, 3.05) is 49.5 Å². The fourth-order valence-electron chi connectivity index (χ4n) is 4.40. The molecule has 0 bridgehead atoms. The lowest BCUT2D eigenvalue weighted by molar-refractivity contribution is -0.114. The Kier molecular flexibility index (Phi) is 6.56. The number of carbonyl (C=O) groups excluding carboxylic acids is 2. The van der Waals surface area contributed by atoms with E-state index in [0.29, 0.717) is 18.9 Å². The van der Waals surface area contributed by atoms with Gasteiger partial charge >= 0.3 is 6.03 Å². The summed E-state index contributed by atoms with van der Waals surface area (Å²) in [5.41, 5.74) is 4.05. The van der Waals surface area contributed by atoms with E-state index >= 15 is 0 Å². The first-order valence-corrected chi connectivity index (χ1v) is 11.2. The number of carbonyl (C=O) groups is 2. The minimum Gasteiger partial charge on any atom is -0.371 e. The molecule has 1 aromatic carbocycles. The highest BCUT2D eigenvalue weighted by Gasteiger charge is 2.24. The van der Waals surface area contributed by atoms with Gasteiger partial charge in [-0.1, -0.05) is 12.1 Å². The number of nitrogens with zero attached hydrogens (tertiary/aromatic N) is 5. The molecule has 0 aliphatic carbocycles. The second-order valence-electron chi connectivity index (χ2n) is 8.55. The molecule has 2 saturated heterocycles. The summed E-state index contributed by atoms with van der Waals surface area (Å²) in [6, 6.07) is 8.28. The van der Waals surface area contributed by atoms with E-state index in [0.717, 1.165) is 32.7 Å². The van der Waals surface area contributed by atoms with Gasteiger partial charge in [-0.15, -0.1) is 5.10 Å². The number of rotatable bonds is 4. The molecule has 1 aromatic heterocycles. The number of piperazine rings is 1. The van der Waals surface area contributed by atoms with Crippen LogP contribution >= 0.6 is 0 Å². The van der Waals surface area contributed by atoms with Crippen LogP contribution < -0.4 is 10.2 Å². The van der Waals surface area contributed by atoms with Crippen molar-refractivity contribution in [3.05, 3.63) is 41.6 Å². The smallest absolute Gasteiger partial charge is 0.344 e. The number of benzene rings is 1. The van der Waals surface area contributed by atoms with Crippen molar-refractivity contribution in [2.24, 2.45) is 0 Å². The lowest BCUT2D eigenvalue weighted by Gasteiger charge is -2.36. The predicted octanol–water partition coefficient (Wildman–Crippen LogP) is 2.93. The number of aromatic nitrogens is 2. The third-order valence-corrected chi connectivity index (χ3v) is 6.06. The summed E-state index contributed by atoms with van der Waals surface area (Å²) in [6.45, 7) is 9.77. The molecule has 1 N–H and O–H groups in total. The molecule has 3 heterocycles. The first-order valence-electron chi connectivity index (χ1n) is 11.2. The van der Waals surface area contributed by atoms with E-state index in [1.54, 1.807) is 12.3 Å². The van der Waals surface area contributed by atoms with E-state index in [9.17, 15) is 9.59 Å². The van der Waals surface area contributed by atoms with Crippen molar-refractivity contribution < 1.29 is 9.59 Å². The van der Waals surface area contributed by atoms with Crippen molar-refractivity contribution in [3.8, 4) is 0 Å². The van der Waals surface area contributed by atoms with Crippen molar-refractivity contribution in [2.45, 2.75) is 39.7 Å². The lowest BCUT2D eigenvalue weighted by Crippen LogP contribution is -2.49. The van der Waals surface area contributed by atoms with Crippen LogP contribution in [0, 0.1) is 6.92 Å². The van der Waals surface area contributed by atoms with Crippen LogP contribution in [0.5, 0.6) is 0 Å². The Balaban J connectivity index is 1.36. The molecule has 8 nitrogen and oxygen atoms in total. The topological polar surface area (TPSA) is 73.7 Å². The number of hydrogen-bond donors (Lipinski definition) is 1. The number of amides is 2. The quantitative estimate of drug-likeness (QED) is 0.817. The summed E-state index contributed by atoms with van der Waals surface area (Å²) in [4.78, 5) is 30.7. The molecular weight excluding hydrogens is 392 g/mol. The molecular formula is C23H32N6O2. The largest absolute Gasteiger partial charge is 0.371 e. The standard InChI is InChI=1S/C23H32N6O2/c1-18-6-7-20(21(16-18)27-9-4-3-5-10-27)17-26-12-14-28(15-13-26)23(31)29-11-8-22(25-29)24-19(2)30/h6-8,11,16H,3-5,9-10,12-15,17H2,1-2H3,(H,24,25,30). The van der Waals surface area contributed by atoms with Gasteiger partial charge in [0, 0.05) is 70.7 Å². The highest BCUT2D eigenvalue weighted by Crippen LogP contribution is 2.27. The Bertz CT molecular complexity index is 926. The van der Waals surface area contributed by atoms with E-state index in [1.807, 2.05) is 4.90 Å². The molecule has 0 radical (unpaired) electrons. The maximum absolute atomic E-state index is 12.8. The highest BCUT2D eigenvalue weighted by molar-refractivity contribution is 5.88. The molecule has 0 unspecified atom stereocenters. The van der Waals surface area contributed by atoms with Crippen LogP contribution in [0.3, 0.4) is 0 Å². The van der Waals surface area contributed by atoms with Crippen LogP contribution in [0.2, 0.25) is 0 Å². The molecule has 2 amide bonds. The summed E-state index contributed by atoms with van der Waals surface area (Å²) in [5.74, 6) is 0.190. The SMILES string of the molecule is CC(=O)Nc1ccn(C(=O)N2CCN(Cc3ccc(C)cc3N3CCCCC3)CC2)n1. The Labute approximate surface area is 183 Å². The van der Waals surface area contributed by atoms with Crippen molar-refractivity contribution in [1.29, 1.82) is 0 Å². The Hall–Kier alpha value is -2.87. The van der Waals surface area contributed by atoms with Gasteiger partial charge in [-0.05, 0) is 43.4 Å². The Morgan fingerprint density at radius 2 is 1.74 bits per heavy atom. The summed E-state index contributed by atoms with van der Waals surface area (Å²) in [5, 5.41) is 6.76. The van der Waals surface area contributed by atoms with Crippen LogP contribution in [0.25, 0.3) is 0 Å². The molecule has 2 fully saturated rings. The zero-order valence-corrected chi connectivity index (χ0v) is 18.5. The number of aryl methyl sites for hydroxylation is 1. The lowest BCUT2D eigenvalue weighted by atomic mass is 10.0. The van der Waals surface area contributed by atoms with Gasteiger partial charge in [0.1, 0.15) is 0 Å². The normalized spacial score (nSPS) is 17.6. The molecule has 2 aliphatic rings. The third kappa shape index (κ3) is 5.25. The fraction of sp³-hybridized carbons (Fsp3) is 0.522. The minimum atomic E-state index is -0.202. The molecule has 0 atom stereocenters. The van der Waals surface area contributed by atoms with Gasteiger partial charge in [-0.2, -0.15) is 4.68 Å². The maximum atomic E-state index is 12.8. The molecule has 8 heteroatoms. The van der Waals surface area contributed by atoms with Gasteiger partial charge < -0.3 is 15.1 Å². The van der Waals surface area contributed by atoms with E-state index in [-0.39, 0.29) is 11.9 Å². The van der Waals surface area contributed by atoms with Crippen LogP contribution in [0.1, 0.15) is 37.3 Å². The van der Waals surface area contributed by atoms with Crippen LogP contribution in [-0.2, 0) is 11.3 Å². The molecule has 0 saturated carbocycles. The van der Waals surface area contributed by atoms with Gasteiger partial charge in [-0.25, -0.2) is 4.79 Å². The van der Waals surface area contributed by atoms with Gasteiger partial charge in [0.05, 0.1) is 0 Å². The Morgan fingerprint density at radius 3 is 2.45 bits per heavy atom. The molecule has 2 aromatic rings. The fourth-order valence-corrected chi connectivity index (χ4v) is 4.40. The third-order valence-electron chi connectivity index (χ3n) is 6.06. The van der Waals surface area contributed by atoms with E-state index in [4.69, 9.17) is 0 Å². The Morgan fingerprint density at radius 1 is 1.00 bits per heavy atom. The van der Waals surface area contributed by atoms with E-state index in [1.165, 1.54) is 47.7 Å². The van der Waals surface area contributed by atoms with Crippen LogP contribution in [0.15, 0.2) is 30.5 Å². The summed E-state index contributed by atoms with van der Waals surface area (Å²) in [6.07, 6.45) is 5.46. The summed E-state index contributed by atoms with van der Waals surface area (Å²) in [7, 11) is 0. The molecule has 2 aliphatic heterocycles. The van der Waals surface area contributed by atoms with E-state index in [2.05, 4.69) is 45.3 Å². The highest BCUT2D eigenvalue weighted by atomic mass is 16.2. The minimum absolute atomic E-state index is 0.152. The summed E-state index contributed by atoms with van der Waals surface area (Å²) < 4.78 is 1.30. The van der Waals surface area contributed by atoms with Crippen molar-refractivity contribution in [3.63, 3.8) is 0 Å². The summed E-state index contributed by atoms with van der Waals surface area (Å²) >= 11 is 0. The molecule has 0 spiro atoms. The number of nitrogens with one attached hydrogen (secondary N) is 1. The van der Waals surface area contributed by atoms with Crippen LogP contribution in [0.4, 0.5) is 16.3 Å². The van der Waals surface area contributed by atoms with Gasteiger partial charge in [0.25, 0.3) is 0 Å². The van der Waals surface area contributed by atoms with Crippen LogP contribution in [-0.4, -0.2) is 70.8 Å². The monoisotopic (exact) mass is 424 g/mol. The second-order valence-corrected chi connectivity index (χ2v) is 8.55. The molecule has 31 heavy (non-hydrogen) atoms. The average molecular weight is 425 g/mol. The number of piperidine rings is 1. The average Bonchev–Trinajstić information content (AvgIpc) is 3.23. The number of hydrogen-bond acceptors (Lipinski definition) is 5. The van der Waals surface area contributed by atoms with Gasteiger partial charge in [0.2, 0.25) is 5.91 Å². The zero-order valence-electron chi connectivity index (χ0n) is 18.5. The van der Waals surface area contributed by atoms with Crippen molar-refractivity contribution in [1.82, 2.24) is 19.6 Å². The van der Waals surface area contributed by atoms with Crippen molar-refractivity contribution >= 4 is 23.4 Å². The number of anilines is 2. The second kappa shape index (κ2) is 9.51. The van der Waals surface area contributed by atoms with E-state index < -0.39 is 0 Å².